The van der Waals surface area contributed by atoms with E-state index in [0.717, 1.165) is 12.0 Å². The second kappa shape index (κ2) is 3.37. The van der Waals surface area contributed by atoms with Crippen LogP contribution in [0.2, 0.25) is 0 Å². The second-order valence-corrected chi connectivity index (χ2v) is 6.91. The van der Waals surface area contributed by atoms with Gasteiger partial charge in [-0.2, -0.15) is 0 Å². The van der Waals surface area contributed by atoms with Gasteiger partial charge < -0.3 is 14.6 Å². The van der Waals surface area contributed by atoms with E-state index in [-0.39, 0.29) is 17.3 Å². The summed E-state index contributed by atoms with van der Waals surface area (Å²) in [6.45, 7) is 8.11. The van der Waals surface area contributed by atoms with E-state index in [2.05, 4.69) is 13.5 Å². The van der Waals surface area contributed by atoms with Crippen LogP contribution in [0.4, 0.5) is 0 Å². The minimum Gasteiger partial charge on any atom is -0.423 e. The predicted octanol–water partition coefficient (Wildman–Crippen LogP) is 1.80. The van der Waals surface area contributed by atoms with Crippen molar-refractivity contribution in [2.24, 2.45) is 23.2 Å². The number of aliphatic hydroxyl groups excluding tert-OH is 1. The summed E-state index contributed by atoms with van der Waals surface area (Å²) >= 11 is 0. The summed E-state index contributed by atoms with van der Waals surface area (Å²) in [6.07, 6.45) is 0.976. The summed E-state index contributed by atoms with van der Waals surface area (Å²) in [5, 5.41) is 11.0. The molecule has 0 aromatic carbocycles. The molecule has 20 heavy (non-hydrogen) atoms. The highest BCUT2D eigenvalue weighted by molar-refractivity contribution is 5.92. The average Bonchev–Trinajstić information content (AvgIpc) is 3.14. The molecule has 6 atom stereocenters. The first-order chi connectivity index (χ1) is 9.37. The third-order valence-corrected chi connectivity index (χ3v) is 6.35. The summed E-state index contributed by atoms with van der Waals surface area (Å²) in [5.74, 6) is -0.442. The number of carbonyl (C=O) groups excluding carboxylic acids is 1. The van der Waals surface area contributed by atoms with Crippen LogP contribution in [-0.2, 0) is 14.3 Å². The number of rotatable bonds is 1. The molecule has 4 heteroatoms. The zero-order valence-corrected chi connectivity index (χ0v) is 12.1. The molecule has 4 nitrogen and oxygen atoms in total. The van der Waals surface area contributed by atoms with Gasteiger partial charge >= 0.3 is 5.97 Å². The highest BCUT2D eigenvalue weighted by Gasteiger charge is 2.74. The zero-order chi connectivity index (χ0) is 14.4. The van der Waals surface area contributed by atoms with Gasteiger partial charge in [0.25, 0.3) is 5.79 Å². The molecule has 0 bridgehead atoms. The van der Waals surface area contributed by atoms with Crippen molar-refractivity contribution >= 4 is 5.97 Å². The Kier molecular flexibility index (Phi) is 2.12. The minimum atomic E-state index is -1.27. The number of ether oxygens (including phenoxy) is 2. The lowest BCUT2D eigenvalue weighted by molar-refractivity contribution is -0.268. The number of methoxy groups -OCH3 is 1. The molecule has 3 saturated carbocycles. The lowest BCUT2D eigenvalue weighted by Crippen LogP contribution is -2.60. The molecule has 108 valence electrons. The molecule has 0 saturated heterocycles. The Morgan fingerprint density at radius 2 is 2.20 bits per heavy atom. The molecule has 0 aromatic heterocycles. The van der Waals surface area contributed by atoms with Crippen LogP contribution in [-0.4, -0.2) is 30.1 Å². The number of esters is 1. The van der Waals surface area contributed by atoms with Gasteiger partial charge in [0.05, 0.1) is 0 Å². The van der Waals surface area contributed by atoms with Crippen molar-refractivity contribution in [3.8, 4) is 0 Å². The van der Waals surface area contributed by atoms with Crippen LogP contribution in [0.15, 0.2) is 23.3 Å². The van der Waals surface area contributed by atoms with E-state index in [4.69, 9.17) is 9.47 Å². The number of carbonyl (C=O) groups is 1. The topological polar surface area (TPSA) is 55.8 Å². The van der Waals surface area contributed by atoms with E-state index in [0.29, 0.717) is 23.8 Å². The number of hydrogen-bond donors (Lipinski definition) is 1. The summed E-state index contributed by atoms with van der Waals surface area (Å²) in [7, 11) is 1.51. The Morgan fingerprint density at radius 1 is 1.50 bits per heavy atom. The molecular weight excluding hydrogens is 256 g/mol. The summed E-state index contributed by atoms with van der Waals surface area (Å²) in [4.78, 5) is 12.0. The highest BCUT2D eigenvalue weighted by Crippen LogP contribution is 2.73. The van der Waals surface area contributed by atoms with Crippen molar-refractivity contribution in [2.45, 2.75) is 38.6 Å². The average molecular weight is 276 g/mol. The van der Waals surface area contributed by atoms with Gasteiger partial charge in [0.15, 0.2) is 0 Å². The second-order valence-electron chi connectivity index (χ2n) is 6.91. The maximum atomic E-state index is 12.0. The standard InChI is InChI=1S/C16H20O4/c1-7-9-5-12(9)15(3)10(7)6-11-8(2)13(17)20-16(11,19-4)14(15)18/h9-10,12,14,18H,1,5-6H2,2-4H3/t9-,10+,12-,14+,15-,16+/m0/s1. The maximum absolute atomic E-state index is 12.0. The Balaban J connectivity index is 1.89. The molecule has 1 aliphatic heterocycles. The van der Waals surface area contributed by atoms with Gasteiger partial charge in [-0.15, -0.1) is 0 Å². The van der Waals surface area contributed by atoms with E-state index in [1.165, 1.54) is 12.7 Å². The van der Waals surface area contributed by atoms with Gasteiger partial charge in [-0.25, -0.2) is 4.79 Å². The molecule has 1 N–H and O–H groups in total. The van der Waals surface area contributed by atoms with Gasteiger partial charge in [-0.3, -0.25) is 0 Å². The van der Waals surface area contributed by atoms with E-state index in [9.17, 15) is 9.90 Å². The fraction of sp³-hybridized carbons (Fsp3) is 0.688. The van der Waals surface area contributed by atoms with Crippen LogP contribution < -0.4 is 0 Å². The first kappa shape index (κ1) is 12.6. The van der Waals surface area contributed by atoms with Crippen molar-refractivity contribution < 1.29 is 19.4 Å². The van der Waals surface area contributed by atoms with Crippen LogP contribution >= 0.6 is 0 Å². The van der Waals surface area contributed by atoms with Gasteiger partial charge in [-0.05, 0) is 37.5 Å². The first-order valence-corrected chi connectivity index (χ1v) is 7.23. The van der Waals surface area contributed by atoms with E-state index in [1.807, 2.05) is 0 Å². The van der Waals surface area contributed by atoms with Gasteiger partial charge in [0.2, 0.25) is 0 Å². The third kappa shape index (κ3) is 1.07. The molecule has 0 spiro atoms. The smallest absolute Gasteiger partial charge is 0.336 e. The van der Waals surface area contributed by atoms with E-state index in [1.54, 1.807) is 6.92 Å². The maximum Gasteiger partial charge on any atom is 0.336 e. The Bertz CT molecular complexity index is 577. The van der Waals surface area contributed by atoms with Crippen molar-refractivity contribution in [1.82, 2.24) is 0 Å². The highest BCUT2D eigenvalue weighted by atomic mass is 16.7. The Morgan fingerprint density at radius 3 is 2.85 bits per heavy atom. The SMILES string of the molecule is C=C1[C@H]2CC3=C(C)C(=O)O[C@@]3(OC)[C@H](O)[C@]2(C)[C@H]2C[C@@H]12. The van der Waals surface area contributed by atoms with Crippen molar-refractivity contribution in [1.29, 1.82) is 0 Å². The molecule has 3 aliphatic carbocycles. The molecule has 1 heterocycles. The third-order valence-electron chi connectivity index (χ3n) is 6.35. The summed E-state index contributed by atoms with van der Waals surface area (Å²) < 4.78 is 11.0. The fourth-order valence-electron chi connectivity index (χ4n) is 5.02. The number of aliphatic hydroxyl groups is 1. The lowest BCUT2D eigenvalue weighted by Gasteiger charge is -2.51. The number of allylic oxidation sites excluding steroid dienone is 1. The largest absolute Gasteiger partial charge is 0.423 e. The lowest BCUT2D eigenvalue weighted by atomic mass is 9.60. The summed E-state index contributed by atoms with van der Waals surface area (Å²) in [5.41, 5.74) is 2.33. The van der Waals surface area contributed by atoms with Crippen LogP contribution in [0, 0.1) is 23.2 Å². The van der Waals surface area contributed by atoms with Crippen LogP contribution in [0.5, 0.6) is 0 Å². The van der Waals surface area contributed by atoms with Crippen LogP contribution in [0.25, 0.3) is 0 Å². The van der Waals surface area contributed by atoms with Crippen molar-refractivity contribution in [3.05, 3.63) is 23.3 Å². The normalized spacial score (nSPS) is 52.6. The monoisotopic (exact) mass is 276 g/mol. The predicted molar refractivity (Wildman–Crippen MR) is 71.5 cm³/mol. The molecular formula is C16H20O4. The van der Waals surface area contributed by atoms with E-state index >= 15 is 0 Å². The minimum absolute atomic E-state index is 0.226. The molecule has 4 rings (SSSR count). The van der Waals surface area contributed by atoms with Crippen LogP contribution in [0.3, 0.4) is 0 Å². The molecule has 0 aromatic rings. The number of fused-ring (bicyclic) bond motifs is 4. The fourth-order valence-corrected chi connectivity index (χ4v) is 5.02. The molecule has 0 radical (unpaired) electrons. The van der Waals surface area contributed by atoms with Crippen molar-refractivity contribution in [2.75, 3.05) is 7.11 Å². The zero-order valence-electron chi connectivity index (χ0n) is 12.1. The first-order valence-electron chi connectivity index (χ1n) is 7.23. The molecule has 3 fully saturated rings. The molecule has 0 amide bonds. The van der Waals surface area contributed by atoms with E-state index < -0.39 is 11.9 Å². The number of hydrogen-bond acceptors (Lipinski definition) is 4. The molecule has 4 aliphatic rings. The van der Waals surface area contributed by atoms with Gasteiger partial charge in [0.1, 0.15) is 6.10 Å². The van der Waals surface area contributed by atoms with Crippen molar-refractivity contribution in [3.63, 3.8) is 0 Å². The Hall–Kier alpha value is -1.13. The quantitative estimate of drug-likeness (QED) is 0.586. The Labute approximate surface area is 118 Å². The molecule has 0 unspecified atom stereocenters. The summed E-state index contributed by atoms with van der Waals surface area (Å²) in [6, 6.07) is 0. The van der Waals surface area contributed by atoms with Gasteiger partial charge in [0, 0.05) is 23.7 Å². The van der Waals surface area contributed by atoms with Gasteiger partial charge in [-0.1, -0.05) is 19.1 Å². The van der Waals surface area contributed by atoms with Crippen LogP contribution in [0.1, 0.15) is 26.7 Å².